The first-order valence-electron chi connectivity index (χ1n) is 9.09. The number of hydrogen-bond acceptors (Lipinski definition) is 4. The van der Waals surface area contributed by atoms with E-state index in [0.717, 1.165) is 43.4 Å². The molecule has 0 radical (unpaired) electrons. The van der Waals surface area contributed by atoms with Crippen LogP contribution in [0.3, 0.4) is 0 Å². The van der Waals surface area contributed by atoms with Gasteiger partial charge in [0.2, 0.25) is 0 Å². The van der Waals surface area contributed by atoms with Crippen LogP contribution in [0.25, 0.3) is 0 Å². The molecule has 1 unspecified atom stereocenters. The van der Waals surface area contributed by atoms with Crippen molar-refractivity contribution < 1.29 is 0 Å². The van der Waals surface area contributed by atoms with Gasteiger partial charge >= 0.3 is 0 Å². The molecule has 1 aliphatic heterocycles. The molecule has 0 amide bonds. The van der Waals surface area contributed by atoms with Crippen LogP contribution in [0.1, 0.15) is 24.5 Å². The number of aliphatic imine (C=N–C) groups is 1. The third-order valence-electron chi connectivity index (χ3n) is 4.41. The minimum Gasteiger partial charge on any atom is -0.357 e. The first kappa shape index (κ1) is 22.2. The summed E-state index contributed by atoms with van der Waals surface area (Å²) in [6.07, 6.45) is 2.76. The molecule has 8 heteroatoms. The normalized spacial score (nSPS) is 16.2. The number of halogens is 2. The van der Waals surface area contributed by atoms with Gasteiger partial charge in [0.15, 0.2) is 5.96 Å². The Morgan fingerprint density at radius 2 is 2.14 bits per heavy atom. The van der Waals surface area contributed by atoms with E-state index >= 15 is 0 Å². The number of rotatable bonds is 5. The zero-order valence-corrected chi connectivity index (χ0v) is 18.8. The maximum absolute atomic E-state index is 8.88. The Morgan fingerprint density at radius 1 is 1.36 bits per heavy atom. The Labute approximate surface area is 188 Å². The molecule has 2 N–H and O–H groups in total. The largest absolute Gasteiger partial charge is 0.357 e. The first-order valence-corrected chi connectivity index (χ1v) is 9.46. The van der Waals surface area contributed by atoms with Crippen LogP contribution in [0.15, 0.2) is 47.6 Å². The second kappa shape index (κ2) is 11.1. The standard InChI is InChI=1S/C20H23ClN6.HI/c1-2-23-20(25-13-16-7-5-15(12-22)6-8-16)26-17-9-11-27(14-17)19-18(21)4-3-10-24-19;/h3-8,10,17H,2,9,11,13-14H2,1H3,(H2,23,25,26);1H. The quantitative estimate of drug-likeness (QED) is 0.365. The summed E-state index contributed by atoms with van der Waals surface area (Å²) in [6, 6.07) is 13.6. The summed E-state index contributed by atoms with van der Waals surface area (Å²) in [5.74, 6) is 1.63. The van der Waals surface area contributed by atoms with E-state index in [1.807, 2.05) is 43.3 Å². The molecule has 1 aromatic carbocycles. The fraction of sp³-hybridized carbons (Fsp3) is 0.350. The lowest BCUT2D eigenvalue weighted by molar-refractivity contribution is 0.649. The number of anilines is 1. The highest BCUT2D eigenvalue weighted by Crippen LogP contribution is 2.25. The molecule has 2 heterocycles. The molecule has 1 atom stereocenters. The van der Waals surface area contributed by atoms with Gasteiger partial charge in [0.05, 0.1) is 23.2 Å². The Morgan fingerprint density at radius 3 is 2.82 bits per heavy atom. The highest BCUT2D eigenvalue weighted by Gasteiger charge is 2.25. The van der Waals surface area contributed by atoms with Crippen molar-refractivity contribution in [1.29, 1.82) is 5.26 Å². The number of aromatic nitrogens is 1. The number of nitrogens with one attached hydrogen (secondary N) is 2. The second-order valence-electron chi connectivity index (χ2n) is 6.39. The third-order valence-corrected chi connectivity index (χ3v) is 4.71. The van der Waals surface area contributed by atoms with Gasteiger partial charge in [0, 0.05) is 31.9 Å². The van der Waals surface area contributed by atoms with Crippen LogP contribution < -0.4 is 15.5 Å². The summed E-state index contributed by atoms with van der Waals surface area (Å²) in [6.45, 7) is 5.14. The van der Waals surface area contributed by atoms with Gasteiger partial charge in [-0.3, -0.25) is 0 Å². The zero-order valence-electron chi connectivity index (χ0n) is 15.7. The van der Waals surface area contributed by atoms with Gasteiger partial charge in [-0.25, -0.2) is 9.98 Å². The minimum absolute atomic E-state index is 0. The van der Waals surface area contributed by atoms with E-state index in [1.165, 1.54) is 0 Å². The maximum atomic E-state index is 8.88. The van der Waals surface area contributed by atoms with Crippen LogP contribution in [0, 0.1) is 11.3 Å². The minimum atomic E-state index is 0. The molecule has 0 spiro atoms. The van der Waals surface area contributed by atoms with Crippen LogP contribution in [0.4, 0.5) is 5.82 Å². The van der Waals surface area contributed by atoms with Gasteiger partial charge in [0.1, 0.15) is 5.82 Å². The van der Waals surface area contributed by atoms with Gasteiger partial charge < -0.3 is 15.5 Å². The fourth-order valence-corrected chi connectivity index (χ4v) is 3.29. The van der Waals surface area contributed by atoms with E-state index in [9.17, 15) is 0 Å². The van der Waals surface area contributed by atoms with Gasteiger partial charge in [-0.1, -0.05) is 23.7 Å². The summed E-state index contributed by atoms with van der Waals surface area (Å²) >= 11 is 6.27. The van der Waals surface area contributed by atoms with Crippen molar-refractivity contribution in [3.05, 3.63) is 58.7 Å². The highest BCUT2D eigenvalue weighted by atomic mass is 127. The summed E-state index contributed by atoms with van der Waals surface area (Å²) < 4.78 is 0. The van der Waals surface area contributed by atoms with Crippen LogP contribution >= 0.6 is 35.6 Å². The maximum Gasteiger partial charge on any atom is 0.191 e. The molecule has 148 valence electrons. The van der Waals surface area contributed by atoms with Gasteiger partial charge in [-0.2, -0.15) is 5.26 Å². The van der Waals surface area contributed by atoms with Gasteiger partial charge in [0.25, 0.3) is 0 Å². The van der Waals surface area contributed by atoms with Crippen LogP contribution in [-0.2, 0) is 6.54 Å². The zero-order chi connectivity index (χ0) is 19.1. The topological polar surface area (TPSA) is 76.3 Å². The summed E-state index contributed by atoms with van der Waals surface area (Å²) in [4.78, 5) is 11.3. The Balaban J connectivity index is 0.00000280. The highest BCUT2D eigenvalue weighted by molar-refractivity contribution is 14.0. The van der Waals surface area contributed by atoms with Crippen LogP contribution in [0.5, 0.6) is 0 Å². The average molecular weight is 511 g/mol. The molecule has 3 rings (SSSR count). The molecule has 0 bridgehead atoms. The van der Waals surface area contributed by atoms with E-state index in [4.69, 9.17) is 16.9 Å². The van der Waals surface area contributed by atoms with E-state index in [0.29, 0.717) is 17.1 Å². The molecular formula is C20H24ClIN6. The molecule has 6 nitrogen and oxygen atoms in total. The van der Waals surface area contributed by atoms with Crippen molar-refractivity contribution >= 4 is 47.4 Å². The van der Waals surface area contributed by atoms with E-state index in [-0.39, 0.29) is 30.0 Å². The van der Waals surface area contributed by atoms with Crippen LogP contribution in [0.2, 0.25) is 5.02 Å². The average Bonchev–Trinajstić information content (AvgIpc) is 3.15. The molecule has 1 aromatic heterocycles. The molecule has 1 aliphatic rings. The molecule has 2 aromatic rings. The lowest BCUT2D eigenvalue weighted by atomic mass is 10.1. The Bertz CT molecular complexity index is 833. The number of nitriles is 1. The smallest absolute Gasteiger partial charge is 0.191 e. The lowest BCUT2D eigenvalue weighted by Gasteiger charge is -2.20. The predicted octanol–water partition coefficient (Wildman–Crippen LogP) is 3.56. The molecule has 1 fully saturated rings. The van der Waals surface area contributed by atoms with Gasteiger partial charge in [-0.15, -0.1) is 24.0 Å². The molecule has 28 heavy (non-hydrogen) atoms. The number of benzene rings is 1. The summed E-state index contributed by atoms with van der Waals surface area (Å²) in [7, 11) is 0. The van der Waals surface area contributed by atoms with Crippen molar-refractivity contribution in [3.63, 3.8) is 0 Å². The third kappa shape index (κ3) is 5.97. The van der Waals surface area contributed by atoms with Crippen molar-refractivity contribution in [2.75, 3.05) is 24.5 Å². The number of nitrogens with zero attached hydrogens (tertiary/aromatic N) is 4. The Kier molecular flexibility index (Phi) is 8.80. The molecule has 0 saturated carbocycles. The van der Waals surface area contributed by atoms with E-state index in [1.54, 1.807) is 6.20 Å². The molecule has 0 aliphatic carbocycles. The fourth-order valence-electron chi connectivity index (χ4n) is 3.05. The number of guanidine groups is 1. The van der Waals surface area contributed by atoms with E-state index < -0.39 is 0 Å². The van der Waals surface area contributed by atoms with Crippen molar-refractivity contribution in [3.8, 4) is 6.07 Å². The SMILES string of the molecule is CCNC(=NCc1ccc(C#N)cc1)NC1CCN(c2ncccc2Cl)C1.I. The van der Waals surface area contributed by atoms with Crippen molar-refractivity contribution in [2.24, 2.45) is 4.99 Å². The number of pyridine rings is 1. The van der Waals surface area contributed by atoms with E-state index in [2.05, 4.69) is 31.6 Å². The molecular weight excluding hydrogens is 487 g/mol. The van der Waals surface area contributed by atoms with Crippen LogP contribution in [-0.4, -0.2) is 36.6 Å². The summed E-state index contributed by atoms with van der Waals surface area (Å²) in [5.41, 5.74) is 1.73. The monoisotopic (exact) mass is 510 g/mol. The van der Waals surface area contributed by atoms with Crippen molar-refractivity contribution in [2.45, 2.75) is 25.9 Å². The van der Waals surface area contributed by atoms with Gasteiger partial charge in [-0.05, 0) is 43.2 Å². The first-order chi connectivity index (χ1) is 13.2. The molecule has 1 saturated heterocycles. The van der Waals surface area contributed by atoms with Crippen molar-refractivity contribution in [1.82, 2.24) is 15.6 Å². The predicted molar refractivity (Wildman–Crippen MR) is 124 cm³/mol. The number of hydrogen-bond donors (Lipinski definition) is 2. The lowest BCUT2D eigenvalue weighted by Crippen LogP contribution is -2.44. The second-order valence-corrected chi connectivity index (χ2v) is 6.80. The summed E-state index contributed by atoms with van der Waals surface area (Å²) in [5, 5.41) is 16.4. The Hall–Kier alpha value is -2.05.